The number of rotatable bonds is 6. The zero-order chi connectivity index (χ0) is 12.0. The topological polar surface area (TPSA) is 87.0 Å². The van der Waals surface area contributed by atoms with Crippen LogP contribution in [0.15, 0.2) is 24.3 Å². The molecule has 0 fully saturated rings. The molecule has 0 bridgehead atoms. The van der Waals surface area contributed by atoms with Crippen molar-refractivity contribution in [2.75, 3.05) is 13.2 Å². The van der Waals surface area contributed by atoms with Gasteiger partial charge in [0.2, 0.25) is 0 Å². The first kappa shape index (κ1) is 12.7. The van der Waals surface area contributed by atoms with Gasteiger partial charge < -0.3 is 19.9 Å². The molecule has 1 aromatic rings. The normalized spacial score (nSPS) is 10.1. The summed E-state index contributed by atoms with van der Waals surface area (Å²) >= 11 is 0. The maximum Gasteiger partial charge on any atom is 0.491 e. The number of hydrogen-bond donors (Lipinski definition) is 3. The average Bonchev–Trinajstić information content (AvgIpc) is 2.29. The number of carboxylic acids is 1. The Hall–Kier alpha value is -1.37. The van der Waals surface area contributed by atoms with E-state index < -0.39 is 13.1 Å². The van der Waals surface area contributed by atoms with Crippen molar-refractivity contribution in [1.29, 1.82) is 0 Å². The van der Waals surface area contributed by atoms with Gasteiger partial charge in [-0.25, -0.2) is 4.79 Å². The van der Waals surface area contributed by atoms with Crippen LogP contribution >= 0.6 is 0 Å². The average molecular weight is 224 g/mol. The molecule has 0 heterocycles. The fraction of sp³-hybridized carbons (Fsp3) is 0.300. The van der Waals surface area contributed by atoms with E-state index in [9.17, 15) is 9.82 Å². The molecule has 1 aromatic carbocycles. The van der Waals surface area contributed by atoms with Crippen molar-refractivity contribution in [3.05, 3.63) is 29.8 Å². The first-order valence-electron chi connectivity index (χ1n) is 4.89. The highest BCUT2D eigenvalue weighted by Crippen LogP contribution is 1.98. The number of carboxylic acid groups (broad SMARTS) is 1. The van der Waals surface area contributed by atoms with E-state index in [4.69, 9.17) is 14.9 Å². The highest BCUT2D eigenvalue weighted by atomic mass is 16.5. The SMILES string of the molecule is O=C(O)c1cccc(B(O)OCCCO)c1. The molecule has 16 heavy (non-hydrogen) atoms. The second-order valence-electron chi connectivity index (χ2n) is 3.23. The van der Waals surface area contributed by atoms with Crippen LogP contribution in [0, 0.1) is 0 Å². The van der Waals surface area contributed by atoms with Gasteiger partial charge in [0.25, 0.3) is 0 Å². The lowest BCUT2D eigenvalue weighted by molar-refractivity contribution is 0.0697. The Kier molecular flexibility index (Phi) is 4.98. The smallest absolute Gasteiger partial charge is 0.478 e. The predicted molar refractivity (Wildman–Crippen MR) is 58.7 cm³/mol. The maximum atomic E-state index is 10.7. The van der Waals surface area contributed by atoms with Gasteiger partial charge >= 0.3 is 13.1 Å². The Morgan fingerprint density at radius 3 is 2.81 bits per heavy atom. The Morgan fingerprint density at radius 2 is 2.19 bits per heavy atom. The molecule has 6 heteroatoms. The molecule has 0 radical (unpaired) electrons. The Morgan fingerprint density at radius 1 is 1.44 bits per heavy atom. The Balaban J connectivity index is 2.64. The molecule has 86 valence electrons. The zero-order valence-electron chi connectivity index (χ0n) is 8.67. The zero-order valence-corrected chi connectivity index (χ0v) is 8.67. The van der Waals surface area contributed by atoms with Crippen LogP contribution in [0.2, 0.25) is 0 Å². The molecule has 3 N–H and O–H groups in total. The molecular formula is C10H13BO5. The number of hydrogen-bond acceptors (Lipinski definition) is 4. The van der Waals surface area contributed by atoms with Crippen molar-refractivity contribution >= 4 is 18.6 Å². The fourth-order valence-corrected chi connectivity index (χ4v) is 1.18. The molecule has 0 aliphatic carbocycles. The molecule has 0 amide bonds. The summed E-state index contributed by atoms with van der Waals surface area (Å²) in [5.41, 5.74) is 0.486. The van der Waals surface area contributed by atoms with Crippen LogP contribution < -0.4 is 5.46 Å². The molecule has 0 aliphatic rings. The molecule has 0 unspecified atom stereocenters. The standard InChI is InChI=1S/C10H13BO5/c12-5-2-6-16-11(15)9-4-1-3-8(7-9)10(13)14/h1,3-4,7,12,15H,2,5-6H2,(H,13,14). The third kappa shape index (κ3) is 3.65. The van der Waals surface area contributed by atoms with E-state index in [1.54, 1.807) is 6.07 Å². The third-order valence-corrected chi connectivity index (χ3v) is 2.00. The molecule has 0 aromatic heterocycles. The van der Waals surface area contributed by atoms with Crippen LogP contribution in [-0.4, -0.2) is 41.5 Å². The predicted octanol–water partition coefficient (Wildman–Crippen LogP) is -0.529. The summed E-state index contributed by atoms with van der Waals surface area (Å²) in [7, 11) is -1.16. The maximum absolute atomic E-state index is 10.7. The van der Waals surface area contributed by atoms with Crippen LogP contribution in [0.4, 0.5) is 0 Å². The highest BCUT2D eigenvalue weighted by Gasteiger charge is 2.17. The van der Waals surface area contributed by atoms with Gasteiger partial charge in [-0.3, -0.25) is 0 Å². The van der Waals surface area contributed by atoms with Crippen LogP contribution in [0.1, 0.15) is 16.8 Å². The van der Waals surface area contributed by atoms with Crippen LogP contribution in [-0.2, 0) is 4.65 Å². The lowest BCUT2D eigenvalue weighted by Gasteiger charge is -2.08. The molecule has 1 rings (SSSR count). The summed E-state index contributed by atoms with van der Waals surface area (Å²) in [6.45, 7) is 0.205. The summed E-state index contributed by atoms with van der Waals surface area (Å²) in [6.07, 6.45) is 0.426. The third-order valence-electron chi connectivity index (χ3n) is 2.00. The van der Waals surface area contributed by atoms with Crippen molar-refractivity contribution < 1.29 is 24.7 Å². The van der Waals surface area contributed by atoms with E-state index in [0.29, 0.717) is 11.9 Å². The minimum Gasteiger partial charge on any atom is -0.478 e. The van der Waals surface area contributed by atoms with Gasteiger partial charge in [0.15, 0.2) is 0 Å². The molecular weight excluding hydrogens is 211 g/mol. The first-order chi connectivity index (χ1) is 7.65. The largest absolute Gasteiger partial charge is 0.491 e. The lowest BCUT2D eigenvalue weighted by Crippen LogP contribution is -2.34. The van der Waals surface area contributed by atoms with Gasteiger partial charge in [-0.2, -0.15) is 0 Å². The summed E-state index contributed by atoms with van der Waals surface area (Å²) < 4.78 is 5.01. The van der Waals surface area contributed by atoms with Crippen molar-refractivity contribution in [2.45, 2.75) is 6.42 Å². The van der Waals surface area contributed by atoms with Gasteiger partial charge in [-0.1, -0.05) is 12.1 Å². The molecule has 0 atom stereocenters. The van der Waals surface area contributed by atoms with Crippen LogP contribution in [0.3, 0.4) is 0 Å². The number of aliphatic hydroxyl groups excluding tert-OH is 1. The number of aliphatic hydroxyl groups is 1. The van der Waals surface area contributed by atoms with Gasteiger partial charge in [-0.15, -0.1) is 0 Å². The second kappa shape index (κ2) is 6.27. The summed E-state index contributed by atoms with van der Waals surface area (Å²) in [4.78, 5) is 10.7. The number of carbonyl (C=O) groups is 1. The van der Waals surface area contributed by atoms with Gasteiger partial charge in [-0.05, 0) is 24.0 Å². The van der Waals surface area contributed by atoms with Gasteiger partial charge in [0.1, 0.15) is 0 Å². The lowest BCUT2D eigenvalue weighted by atomic mass is 9.79. The Labute approximate surface area is 93.4 Å². The van der Waals surface area contributed by atoms with E-state index in [0.717, 1.165) is 0 Å². The van der Waals surface area contributed by atoms with E-state index in [1.165, 1.54) is 18.2 Å². The monoisotopic (exact) mass is 224 g/mol. The van der Waals surface area contributed by atoms with Crippen molar-refractivity contribution in [3.63, 3.8) is 0 Å². The van der Waals surface area contributed by atoms with E-state index in [2.05, 4.69) is 0 Å². The van der Waals surface area contributed by atoms with Crippen molar-refractivity contribution in [1.82, 2.24) is 0 Å². The minimum atomic E-state index is -1.16. The molecule has 0 saturated carbocycles. The summed E-state index contributed by atoms with van der Waals surface area (Å²) in [5.74, 6) is -1.05. The molecule has 0 saturated heterocycles. The fourth-order valence-electron chi connectivity index (χ4n) is 1.18. The molecule has 5 nitrogen and oxygen atoms in total. The Bertz CT molecular complexity index is 355. The van der Waals surface area contributed by atoms with E-state index in [1.807, 2.05) is 0 Å². The minimum absolute atomic E-state index is 0.0120. The van der Waals surface area contributed by atoms with Crippen LogP contribution in [0.25, 0.3) is 0 Å². The quantitative estimate of drug-likeness (QED) is 0.446. The van der Waals surface area contributed by atoms with Crippen molar-refractivity contribution in [3.8, 4) is 0 Å². The van der Waals surface area contributed by atoms with Gasteiger partial charge in [0.05, 0.1) is 5.56 Å². The molecule has 0 aliphatic heterocycles. The van der Waals surface area contributed by atoms with E-state index in [-0.39, 0.29) is 18.8 Å². The number of benzene rings is 1. The van der Waals surface area contributed by atoms with E-state index >= 15 is 0 Å². The van der Waals surface area contributed by atoms with Crippen molar-refractivity contribution in [2.24, 2.45) is 0 Å². The molecule has 0 spiro atoms. The summed E-state index contributed by atoms with van der Waals surface area (Å²) in [5, 5.41) is 26.8. The highest BCUT2D eigenvalue weighted by molar-refractivity contribution is 6.60. The second-order valence-corrected chi connectivity index (χ2v) is 3.23. The number of aromatic carboxylic acids is 1. The summed E-state index contributed by atoms with van der Waals surface area (Å²) in [6, 6.07) is 5.91. The van der Waals surface area contributed by atoms with Crippen LogP contribution in [0.5, 0.6) is 0 Å². The first-order valence-corrected chi connectivity index (χ1v) is 4.89. The van der Waals surface area contributed by atoms with Gasteiger partial charge in [0, 0.05) is 13.2 Å².